The Morgan fingerprint density at radius 3 is 2.25 bits per heavy atom. The summed E-state index contributed by atoms with van der Waals surface area (Å²) in [6, 6.07) is 0. The summed E-state index contributed by atoms with van der Waals surface area (Å²) in [6.45, 7) is 2.11. The molecule has 0 radical (unpaired) electrons. The first-order valence-electron chi connectivity index (χ1n) is 4.72. The van der Waals surface area contributed by atoms with E-state index in [9.17, 15) is 0 Å². The van der Waals surface area contributed by atoms with E-state index in [1.54, 1.807) is 0 Å². The lowest BCUT2D eigenvalue weighted by Crippen LogP contribution is -2.02. The SMILES string of the molecule is C/C=C(\Br)C1(Br)C2CCCCC21. The van der Waals surface area contributed by atoms with Gasteiger partial charge in [-0.3, -0.25) is 0 Å². The molecule has 0 aromatic rings. The molecule has 2 unspecified atom stereocenters. The van der Waals surface area contributed by atoms with Crippen LogP contribution in [-0.4, -0.2) is 4.32 Å². The van der Waals surface area contributed by atoms with Gasteiger partial charge in [-0.25, -0.2) is 0 Å². The quantitative estimate of drug-likeness (QED) is 0.635. The molecule has 0 N–H and O–H groups in total. The molecule has 0 heterocycles. The number of fused-ring (bicyclic) bond motifs is 1. The van der Waals surface area contributed by atoms with Crippen molar-refractivity contribution in [2.45, 2.75) is 36.9 Å². The van der Waals surface area contributed by atoms with E-state index < -0.39 is 0 Å². The Morgan fingerprint density at radius 1 is 1.33 bits per heavy atom. The fraction of sp³-hybridized carbons (Fsp3) is 0.800. The van der Waals surface area contributed by atoms with Gasteiger partial charge >= 0.3 is 0 Å². The van der Waals surface area contributed by atoms with Gasteiger partial charge in [-0.05, 0) is 31.6 Å². The van der Waals surface area contributed by atoms with Gasteiger partial charge in [0.25, 0.3) is 0 Å². The van der Waals surface area contributed by atoms with Crippen LogP contribution >= 0.6 is 31.9 Å². The minimum absolute atomic E-state index is 0.345. The van der Waals surface area contributed by atoms with E-state index in [0.29, 0.717) is 4.32 Å². The molecule has 0 spiro atoms. The molecule has 2 saturated carbocycles. The maximum Gasteiger partial charge on any atom is 0.0630 e. The van der Waals surface area contributed by atoms with Crippen LogP contribution in [0.1, 0.15) is 32.6 Å². The van der Waals surface area contributed by atoms with Crippen LogP contribution in [0.15, 0.2) is 10.6 Å². The van der Waals surface area contributed by atoms with Gasteiger partial charge in [-0.1, -0.05) is 50.8 Å². The monoisotopic (exact) mass is 292 g/mol. The van der Waals surface area contributed by atoms with Gasteiger partial charge in [0, 0.05) is 4.48 Å². The third-order valence-corrected chi connectivity index (χ3v) is 6.60. The predicted molar refractivity (Wildman–Crippen MR) is 59.8 cm³/mol. The number of halogens is 2. The van der Waals surface area contributed by atoms with E-state index in [2.05, 4.69) is 44.9 Å². The highest BCUT2D eigenvalue weighted by atomic mass is 79.9. The molecule has 0 saturated heterocycles. The minimum atomic E-state index is 0.345. The van der Waals surface area contributed by atoms with Crippen LogP contribution in [0.3, 0.4) is 0 Å². The van der Waals surface area contributed by atoms with Gasteiger partial charge in [0.15, 0.2) is 0 Å². The van der Waals surface area contributed by atoms with Crippen LogP contribution in [-0.2, 0) is 0 Å². The second-order valence-corrected chi connectivity index (χ2v) is 6.07. The Kier molecular flexibility index (Phi) is 2.41. The first-order valence-corrected chi connectivity index (χ1v) is 6.31. The maximum atomic E-state index is 3.89. The predicted octanol–water partition coefficient (Wildman–Crippen LogP) is 4.24. The van der Waals surface area contributed by atoms with Crippen LogP contribution in [0.2, 0.25) is 0 Å². The van der Waals surface area contributed by atoms with Gasteiger partial charge < -0.3 is 0 Å². The molecule has 2 rings (SSSR count). The molecule has 0 aliphatic heterocycles. The summed E-state index contributed by atoms with van der Waals surface area (Å²) in [6.07, 6.45) is 7.88. The van der Waals surface area contributed by atoms with Crippen molar-refractivity contribution in [1.29, 1.82) is 0 Å². The molecule has 0 nitrogen and oxygen atoms in total. The zero-order valence-corrected chi connectivity index (χ0v) is 10.5. The lowest BCUT2D eigenvalue weighted by atomic mass is 10.0. The van der Waals surface area contributed by atoms with Gasteiger partial charge in [-0.15, -0.1) is 0 Å². The summed E-state index contributed by atoms with van der Waals surface area (Å²) >= 11 is 7.56. The highest BCUT2D eigenvalue weighted by Gasteiger charge is 2.64. The molecule has 12 heavy (non-hydrogen) atoms. The minimum Gasteiger partial charge on any atom is -0.0789 e. The van der Waals surface area contributed by atoms with Gasteiger partial charge in [0.2, 0.25) is 0 Å². The van der Waals surface area contributed by atoms with Crippen LogP contribution in [0.25, 0.3) is 0 Å². The summed E-state index contributed by atoms with van der Waals surface area (Å²) in [5.41, 5.74) is 0. The average Bonchev–Trinajstić information content (AvgIpc) is 2.74. The van der Waals surface area contributed by atoms with Crippen LogP contribution < -0.4 is 0 Å². The van der Waals surface area contributed by atoms with Crippen molar-refractivity contribution in [2.75, 3.05) is 0 Å². The number of hydrogen-bond acceptors (Lipinski definition) is 0. The lowest BCUT2D eigenvalue weighted by molar-refractivity contribution is 0.480. The second kappa shape index (κ2) is 3.13. The van der Waals surface area contributed by atoms with Crippen molar-refractivity contribution in [3.8, 4) is 0 Å². The topological polar surface area (TPSA) is 0 Å². The van der Waals surface area contributed by atoms with E-state index in [1.807, 2.05) is 0 Å². The summed E-state index contributed by atoms with van der Waals surface area (Å²) in [5.74, 6) is 1.83. The van der Waals surface area contributed by atoms with Crippen molar-refractivity contribution in [2.24, 2.45) is 11.8 Å². The van der Waals surface area contributed by atoms with Crippen molar-refractivity contribution < 1.29 is 0 Å². The first kappa shape index (κ1) is 9.26. The Balaban J connectivity index is 2.15. The molecular weight excluding hydrogens is 280 g/mol. The van der Waals surface area contributed by atoms with Crippen molar-refractivity contribution in [3.63, 3.8) is 0 Å². The molecule has 2 aliphatic carbocycles. The summed E-state index contributed by atoms with van der Waals surface area (Å²) in [5, 5.41) is 0. The third-order valence-electron chi connectivity index (χ3n) is 3.36. The third kappa shape index (κ3) is 1.14. The standard InChI is InChI=1S/C10H14Br2/c1-2-9(11)10(12)7-5-3-4-6-8(7)10/h2,7-8H,3-6H2,1H3/b9-2-. The molecule has 2 atom stereocenters. The van der Waals surface area contributed by atoms with E-state index in [1.165, 1.54) is 30.2 Å². The highest BCUT2D eigenvalue weighted by molar-refractivity contribution is 9.14. The van der Waals surface area contributed by atoms with Crippen molar-refractivity contribution >= 4 is 31.9 Å². The molecule has 0 aromatic carbocycles. The molecular formula is C10H14Br2. The van der Waals surface area contributed by atoms with E-state index in [-0.39, 0.29) is 0 Å². The smallest absolute Gasteiger partial charge is 0.0630 e. The lowest BCUT2D eigenvalue weighted by Gasteiger charge is -2.06. The van der Waals surface area contributed by atoms with Gasteiger partial charge in [0.1, 0.15) is 0 Å². The van der Waals surface area contributed by atoms with E-state index >= 15 is 0 Å². The number of alkyl halides is 1. The van der Waals surface area contributed by atoms with Crippen LogP contribution in [0.5, 0.6) is 0 Å². The van der Waals surface area contributed by atoms with Crippen molar-refractivity contribution in [1.82, 2.24) is 0 Å². The van der Waals surface area contributed by atoms with Crippen LogP contribution in [0.4, 0.5) is 0 Å². The molecule has 2 heteroatoms. The van der Waals surface area contributed by atoms with Gasteiger partial charge in [-0.2, -0.15) is 0 Å². The summed E-state index contributed by atoms with van der Waals surface area (Å²) in [7, 11) is 0. The Hall–Kier alpha value is 0.700. The number of hydrogen-bond donors (Lipinski definition) is 0. The van der Waals surface area contributed by atoms with Gasteiger partial charge in [0.05, 0.1) is 4.32 Å². The van der Waals surface area contributed by atoms with E-state index in [4.69, 9.17) is 0 Å². The molecule has 0 amide bonds. The number of rotatable bonds is 1. The fourth-order valence-electron chi connectivity index (χ4n) is 2.63. The highest BCUT2D eigenvalue weighted by Crippen LogP contribution is 2.68. The average molecular weight is 294 g/mol. The molecule has 0 bridgehead atoms. The first-order chi connectivity index (χ1) is 5.71. The molecule has 2 fully saturated rings. The summed E-state index contributed by atoms with van der Waals surface area (Å²) < 4.78 is 1.71. The Bertz CT molecular complexity index is 208. The van der Waals surface area contributed by atoms with E-state index in [0.717, 1.165) is 11.8 Å². The molecule has 2 aliphatic rings. The Morgan fingerprint density at radius 2 is 1.83 bits per heavy atom. The number of allylic oxidation sites excluding steroid dienone is 2. The van der Waals surface area contributed by atoms with Crippen molar-refractivity contribution in [3.05, 3.63) is 10.6 Å². The normalized spacial score (nSPS) is 47.1. The van der Waals surface area contributed by atoms with Crippen LogP contribution in [0, 0.1) is 11.8 Å². The largest absolute Gasteiger partial charge is 0.0789 e. The molecule has 68 valence electrons. The second-order valence-electron chi connectivity index (χ2n) is 3.90. The zero-order chi connectivity index (χ0) is 8.77. The zero-order valence-electron chi connectivity index (χ0n) is 7.32. The fourth-order valence-corrected chi connectivity index (χ4v) is 4.41. The molecule has 0 aromatic heterocycles. The summed E-state index contributed by atoms with van der Waals surface area (Å²) in [4.78, 5) is 0. The Labute approximate surface area is 91.1 Å². The maximum absolute atomic E-state index is 3.89.